The maximum Gasteiger partial charge on any atom is 0.276 e. The Bertz CT molecular complexity index is 1210. The smallest absolute Gasteiger partial charge is 0.276 e. The molecule has 2 saturated carbocycles. The minimum absolute atomic E-state index is 0.0635. The van der Waals surface area contributed by atoms with Gasteiger partial charge in [-0.25, -0.2) is 14.6 Å². The van der Waals surface area contributed by atoms with Crippen molar-refractivity contribution in [3.8, 4) is 0 Å². The molecule has 9 heteroatoms. The summed E-state index contributed by atoms with van der Waals surface area (Å²) >= 11 is 0. The molecule has 0 bridgehead atoms. The Morgan fingerprint density at radius 2 is 1.84 bits per heavy atom. The molecule has 6 N–H and O–H groups in total. The first-order valence-electron chi connectivity index (χ1n) is 15.3. The number of amides is 1. The average Bonchev–Trinajstić information content (AvgIpc) is 3.80. The van der Waals surface area contributed by atoms with E-state index in [0.29, 0.717) is 25.8 Å². The number of unbranched alkanes of at least 4 members (excludes halogenated alkanes) is 1. The minimum atomic E-state index is -2.81. The first-order chi connectivity index (χ1) is 20.5. The minimum Gasteiger partial charge on any atom is -0.393 e. The van der Waals surface area contributed by atoms with Gasteiger partial charge in [0.2, 0.25) is 0 Å². The number of carbonyl (C=O) groups is 1. The quantitative estimate of drug-likeness (QED) is 0.0372. The van der Waals surface area contributed by atoms with Crippen molar-refractivity contribution in [2.45, 2.75) is 91.4 Å². The van der Waals surface area contributed by atoms with Crippen LogP contribution in [0.15, 0.2) is 87.0 Å². The summed E-state index contributed by atoms with van der Waals surface area (Å²) in [5, 5.41) is 7.51. The van der Waals surface area contributed by atoms with Crippen molar-refractivity contribution in [1.82, 2.24) is 15.6 Å². The summed E-state index contributed by atoms with van der Waals surface area (Å²) in [4.78, 5) is 16.0. The van der Waals surface area contributed by atoms with Gasteiger partial charge in [0.15, 0.2) is 0 Å². The van der Waals surface area contributed by atoms with E-state index in [-0.39, 0.29) is 17.2 Å². The molecule has 0 aromatic carbocycles. The van der Waals surface area contributed by atoms with E-state index in [9.17, 15) is 4.79 Å². The van der Waals surface area contributed by atoms with Crippen LogP contribution in [0.5, 0.6) is 0 Å². The van der Waals surface area contributed by atoms with Gasteiger partial charge < -0.3 is 21.4 Å². The predicted octanol–water partition coefficient (Wildman–Crippen LogP) is 6.71. The lowest BCUT2D eigenvalue weighted by Crippen LogP contribution is -2.32. The summed E-state index contributed by atoms with van der Waals surface area (Å²) in [5.74, 6) is 2.21. The third-order valence-electron chi connectivity index (χ3n) is 7.79. The molecule has 43 heavy (non-hydrogen) atoms. The van der Waals surface area contributed by atoms with Gasteiger partial charge in [-0.2, -0.15) is 0 Å². The third-order valence-corrected chi connectivity index (χ3v) is 7.79. The molecule has 0 unspecified atom stereocenters. The molecule has 0 spiro atoms. The number of allylic oxidation sites excluding steroid dienone is 10. The molecule has 0 aromatic heterocycles. The van der Waals surface area contributed by atoms with E-state index in [1.807, 2.05) is 39.0 Å². The zero-order valence-electron chi connectivity index (χ0n) is 26.9. The van der Waals surface area contributed by atoms with Gasteiger partial charge in [-0.15, -0.1) is 0 Å². The number of nitrogens with zero attached hydrogens (tertiary/aromatic N) is 2. The van der Waals surface area contributed by atoms with Crippen molar-refractivity contribution in [2.24, 2.45) is 22.5 Å². The van der Waals surface area contributed by atoms with Crippen LogP contribution in [-0.4, -0.2) is 43.2 Å². The normalized spacial score (nSPS) is 16.9. The van der Waals surface area contributed by atoms with E-state index in [2.05, 4.69) is 15.6 Å². The monoisotopic (exact) mass is 598 g/mol. The number of likely N-dealkylation sites (N-methyl/N-ethyl adjacent to an activating group) is 1. The second-order valence-electron chi connectivity index (χ2n) is 11.4. The van der Waals surface area contributed by atoms with E-state index in [1.165, 1.54) is 23.8 Å². The van der Waals surface area contributed by atoms with Gasteiger partial charge >= 0.3 is 0 Å². The second kappa shape index (κ2) is 17.6. The number of hydrogen-bond donors (Lipinski definition) is 4. The number of nitrogens with one attached hydrogen (secondary N) is 2. The number of carbonyl (C=O) groups excluding carboxylic acids is 1. The van der Waals surface area contributed by atoms with Crippen LogP contribution in [0.1, 0.15) is 85.5 Å². The largest absolute Gasteiger partial charge is 0.393 e. The number of aliphatic imine (C=N–C) groups is 1. The SMILES string of the molecule is C/C=C\C(=C/C(CC(NC(/C=C\C(CCCCN(N)/C=C(\N)C(=O)NC)=N/C)=C\C)=C1CCC1)=C(C)C)C(F)(F)C1CC1. The van der Waals surface area contributed by atoms with Gasteiger partial charge in [-0.05, 0) is 103 Å². The molecule has 7 nitrogen and oxygen atoms in total. The molecule has 0 heterocycles. The molecule has 238 valence electrons. The summed E-state index contributed by atoms with van der Waals surface area (Å²) in [6.07, 6.45) is 19.8. The highest BCUT2D eigenvalue weighted by Crippen LogP contribution is 2.48. The van der Waals surface area contributed by atoms with E-state index in [1.54, 1.807) is 32.2 Å². The Morgan fingerprint density at radius 1 is 1.14 bits per heavy atom. The zero-order valence-corrected chi connectivity index (χ0v) is 26.9. The predicted molar refractivity (Wildman–Crippen MR) is 175 cm³/mol. The maximum absolute atomic E-state index is 15.1. The Morgan fingerprint density at radius 3 is 2.35 bits per heavy atom. The number of hydrogen-bond acceptors (Lipinski definition) is 6. The van der Waals surface area contributed by atoms with Crippen molar-refractivity contribution >= 4 is 11.6 Å². The van der Waals surface area contributed by atoms with Crippen molar-refractivity contribution < 1.29 is 13.6 Å². The number of rotatable bonds is 17. The fourth-order valence-corrected chi connectivity index (χ4v) is 4.67. The van der Waals surface area contributed by atoms with E-state index >= 15 is 8.78 Å². The first kappa shape index (κ1) is 35.7. The lowest BCUT2D eigenvalue weighted by molar-refractivity contribution is -0.117. The molecule has 2 aliphatic carbocycles. The van der Waals surface area contributed by atoms with E-state index in [0.717, 1.165) is 66.8 Å². The lowest BCUT2D eigenvalue weighted by Gasteiger charge is -2.25. The zero-order chi connectivity index (χ0) is 32.0. The molecule has 2 aliphatic rings. The molecule has 0 atom stereocenters. The standard InChI is InChI=1S/C34H52F2N6O/c1-7-12-28(34(35,36)27-16-17-27)21-26(24(3)4)22-32(25-13-11-14-25)41-29(8-2)18-19-30(39-5)15-9-10-20-42(38)23-31(37)33(43)40-6/h7-8,12,18-19,21,23,27,41H,9-11,13-17,20,22,37-38H2,1-6H3,(H,40,43)/b12-7-,19-18-,28-21+,29-8-,31-23-,39-30-. The summed E-state index contributed by atoms with van der Waals surface area (Å²) < 4.78 is 30.3. The lowest BCUT2D eigenvalue weighted by atomic mass is 9.87. The highest BCUT2D eigenvalue weighted by Gasteiger charge is 2.48. The summed E-state index contributed by atoms with van der Waals surface area (Å²) in [6, 6.07) is 0. The Labute approximate surface area is 257 Å². The second-order valence-corrected chi connectivity index (χ2v) is 11.4. The summed E-state index contributed by atoms with van der Waals surface area (Å²) in [7, 11) is 3.29. The van der Waals surface area contributed by atoms with Gasteiger partial charge in [0.05, 0.1) is 0 Å². The van der Waals surface area contributed by atoms with Crippen LogP contribution in [0.4, 0.5) is 8.78 Å². The van der Waals surface area contributed by atoms with Gasteiger partial charge in [-0.1, -0.05) is 29.4 Å². The topological polar surface area (TPSA) is 109 Å². The molecular formula is C34H52F2N6O. The highest BCUT2D eigenvalue weighted by molar-refractivity contribution is 5.95. The van der Waals surface area contributed by atoms with Crippen molar-refractivity contribution in [2.75, 3.05) is 20.6 Å². The van der Waals surface area contributed by atoms with Crippen molar-refractivity contribution in [1.29, 1.82) is 0 Å². The van der Waals surface area contributed by atoms with Gasteiger partial charge in [0.25, 0.3) is 11.8 Å². The molecule has 0 aromatic rings. The Hall–Kier alpha value is -3.46. The number of hydrazine groups is 1. The van der Waals surface area contributed by atoms with Gasteiger partial charge in [-0.3, -0.25) is 9.79 Å². The van der Waals surface area contributed by atoms with Gasteiger partial charge in [0, 0.05) is 61.9 Å². The van der Waals surface area contributed by atoms with Crippen LogP contribution in [-0.2, 0) is 4.79 Å². The maximum atomic E-state index is 15.1. The number of alkyl halides is 2. The first-order valence-corrected chi connectivity index (χ1v) is 15.3. The highest BCUT2D eigenvalue weighted by atomic mass is 19.3. The van der Waals surface area contributed by atoms with E-state index in [4.69, 9.17) is 11.6 Å². The molecule has 0 saturated heterocycles. The molecule has 1 amide bonds. The fraction of sp³-hybridized carbons (Fsp3) is 0.529. The molecule has 0 aliphatic heterocycles. The van der Waals surface area contributed by atoms with E-state index < -0.39 is 11.8 Å². The van der Waals surface area contributed by atoms with Crippen LogP contribution < -0.4 is 22.2 Å². The van der Waals surface area contributed by atoms with Crippen LogP contribution in [0.3, 0.4) is 0 Å². The molecule has 2 rings (SSSR count). The summed E-state index contributed by atoms with van der Waals surface area (Å²) in [6.45, 7) is 8.32. The van der Waals surface area contributed by atoms with Crippen LogP contribution in [0, 0.1) is 5.92 Å². The Kier molecular flexibility index (Phi) is 14.6. The molecule has 0 radical (unpaired) electrons. The fourth-order valence-electron chi connectivity index (χ4n) is 4.67. The third kappa shape index (κ3) is 11.6. The Balaban J connectivity index is 2.08. The van der Waals surface area contributed by atoms with Gasteiger partial charge in [0.1, 0.15) is 5.70 Å². The van der Waals surface area contributed by atoms with Crippen molar-refractivity contribution in [3.05, 3.63) is 82.0 Å². The molecular weight excluding hydrogens is 546 g/mol. The van der Waals surface area contributed by atoms with Crippen LogP contribution in [0.2, 0.25) is 0 Å². The number of halogens is 2. The van der Waals surface area contributed by atoms with Crippen LogP contribution >= 0.6 is 0 Å². The van der Waals surface area contributed by atoms with Crippen molar-refractivity contribution in [3.63, 3.8) is 0 Å². The molecule has 2 fully saturated rings. The average molecular weight is 599 g/mol. The number of nitrogens with two attached hydrogens (primary N) is 2. The summed E-state index contributed by atoms with van der Waals surface area (Å²) in [5.41, 5.74) is 12.2. The van der Waals surface area contributed by atoms with Crippen LogP contribution in [0.25, 0.3) is 0 Å².